The molecule has 32 heavy (non-hydrogen) atoms. The Labute approximate surface area is 193 Å². The lowest BCUT2D eigenvalue weighted by atomic mass is 9.94. The van der Waals surface area contributed by atoms with Crippen LogP contribution < -0.4 is 15.0 Å². The highest BCUT2D eigenvalue weighted by Crippen LogP contribution is 2.35. The average Bonchev–Trinajstić information content (AvgIpc) is 2.76. The van der Waals surface area contributed by atoms with E-state index < -0.39 is 12.0 Å². The van der Waals surface area contributed by atoms with Crippen molar-refractivity contribution in [2.75, 3.05) is 31.8 Å². The summed E-state index contributed by atoms with van der Waals surface area (Å²) in [5.74, 6) is -0.113. The zero-order valence-electron chi connectivity index (χ0n) is 18.6. The topological polar surface area (TPSA) is 60.0 Å². The number of allylic oxidation sites excluding steroid dienone is 1. The van der Waals surface area contributed by atoms with Gasteiger partial charge in [-0.25, -0.2) is 9.18 Å². The molecule has 0 saturated heterocycles. The lowest BCUT2D eigenvalue weighted by molar-refractivity contribution is -0.140. The van der Waals surface area contributed by atoms with Crippen molar-refractivity contribution in [3.8, 4) is 5.75 Å². The lowest BCUT2D eigenvalue weighted by Gasteiger charge is -2.37. The number of esters is 1. The van der Waals surface area contributed by atoms with Gasteiger partial charge in [-0.05, 0) is 68.4 Å². The van der Waals surface area contributed by atoms with Gasteiger partial charge in [0.1, 0.15) is 18.2 Å². The second-order valence-corrected chi connectivity index (χ2v) is 7.67. The molecule has 1 atom stereocenters. The molecule has 2 aromatic rings. The fourth-order valence-corrected chi connectivity index (χ4v) is 3.87. The molecule has 0 saturated carbocycles. The summed E-state index contributed by atoms with van der Waals surface area (Å²) >= 11 is 5.61. The summed E-state index contributed by atoms with van der Waals surface area (Å²) in [7, 11) is 1.54. The largest absolute Gasteiger partial charge is 0.494 e. The number of hydrogen-bond donors (Lipinski definition) is 1. The SMILES string of the molecule is CCOc1ccc(C2NC(=S)N(c3ccc(C)c(F)c3)C(C)=C2C(=O)OCCOC)cc1. The van der Waals surface area contributed by atoms with Gasteiger partial charge in [-0.15, -0.1) is 0 Å². The summed E-state index contributed by atoms with van der Waals surface area (Å²) in [6.45, 7) is 6.34. The van der Waals surface area contributed by atoms with Gasteiger partial charge in [-0.2, -0.15) is 0 Å². The van der Waals surface area contributed by atoms with E-state index in [4.69, 9.17) is 26.4 Å². The van der Waals surface area contributed by atoms with E-state index in [1.807, 2.05) is 31.2 Å². The van der Waals surface area contributed by atoms with Gasteiger partial charge >= 0.3 is 5.97 Å². The Kier molecular flexibility index (Phi) is 7.82. The maximum Gasteiger partial charge on any atom is 0.338 e. The fraction of sp³-hybridized carbons (Fsp3) is 0.333. The van der Waals surface area contributed by atoms with Gasteiger partial charge in [-0.1, -0.05) is 18.2 Å². The van der Waals surface area contributed by atoms with Crippen LogP contribution in [0.4, 0.5) is 10.1 Å². The number of methoxy groups -OCH3 is 1. The number of rotatable bonds is 8. The number of aryl methyl sites for hydroxylation is 1. The van der Waals surface area contributed by atoms with Crippen molar-refractivity contribution < 1.29 is 23.4 Å². The molecule has 1 heterocycles. The number of nitrogens with zero attached hydrogens (tertiary/aromatic N) is 1. The number of benzene rings is 2. The monoisotopic (exact) mass is 458 g/mol. The number of carbonyl (C=O) groups is 1. The van der Waals surface area contributed by atoms with Crippen molar-refractivity contribution in [1.82, 2.24) is 5.32 Å². The lowest BCUT2D eigenvalue weighted by Crippen LogP contribution is -2.48. The minimum Gasteiger partial charge on any atom is -0.494 e. The molecule has 0 spiro atoms. The van der Waals surface area contributed by atoms with Crippen molar-refractivity contribution in [2.45, 2.75) is 26.8 Å². The number of halogens is 1. The van der Waals surface area contributed by atoms with Crippen LogP contribution in [0.2, 0.25) is 0 Å². The molecule has 6 nitrogen and oxygen atoms in total. The zero-order valence-corrected chi connectivity index (χ0v) is 19.4. The third-order valence-electron chi connectivity index (χ3n) is 5.16. The van der Waals surface area contributed by atoms with Crippen molar-refractivity contribution in [2.24, 2.45) is 0 Å². The summed E-state index contributed by atoms with van der Waals surface area (Å²) in [6.07, 6.45) is 0. The molecule has 3 rings (SSSR count). The Morgan fingerprint density at radius 3 is 2.50 bits per heavy atom. The van der Waals surface area contributed by atoms with Crippen molar-refractivity contribution in [1.29, 1.82) is 0 Å². The van der Waals surface area contributed by atoms with Crippen LogP contribution >= 0.6 is 12.2 Å². The van der Waals surface area contributed by atoms with Crippen LogP contribution in [-0.2, 0) is 14.3 Å². The summed E-state index contributed by atoms with van der Waals surface area (Å²) < 4.78 is 30.2. The van der Waals surface area contributed by atoms with E-state index >= 15 is 0 Å². The first-order valence-corrected chi connectivity index (χ1v) is 10.7. The Morgan fingerprint density at radius 2 is 1.88 bits per heavy atom. The van der Waals surface area contributed by atoms with Crippen LogP contribution in [0.3, 0.4) is 0 Å². The van der Waals surface area contributed by atoms with Crippen molar-refractivity contribution in [3.63, 3.8) is 0 Å². The fourth-order valence-electron chi connectivity index (χ4n) is 3.51. The first-order chi connectivity index (χ1) is 15.4. The normalized spacial score (nSPS) is 16.1. The third kappa shape index (κ3) is 5.08. The second-order valence-electron chi connectivity index (χ2n) is 7.28. The van der Waals surface area contributed by atoms with Gasteiger partial charge in [0.05, 0.1) is 30.5 Å². The van der Waals surface area contributed by atoms with Gasteiger partial charge in [0.2, 0.25) is 0 Å². The Hall–Kier alpha value is -2.97. The molecule has 170 valence electrons. The number of anilines is 1. The van der Waals surface area contributed by atoms with Crippen LogP contribution in [0.25, 0.3) is 0 Å². The highest BCUT2D eigenvalue weighted by atomic mass is 32.1. The maximum atomic E-state index is 14.3. The van der Waals surface area contributed by atoms with Crippen molar-refractivity contribution >= 4 is 29.0 Å². The molecule has 1 unspecified atom stereocenters. The van der Waals surface area contributed by atoms with E-state index in [1.165, 1.54) is 13.2 Å². The summed E-state index contributed by atoms with van der Waals surface area (Å²) in [5.41, 5.74) is 2.83. The molecule has 0 bridgehead atoms. The van der Waals surface area contributed by atoms with E-state index in [9.17, 15) is 9.18 Å². The molecule has 1 aliphatic rings. The van der Waals surface area contributed by atoms with Gasteiger partial charge in [0, 0.05) is 12.8 Å². The third-order valence-corrected chi connectivity index (χ3v) is 5.46. The average molecular weight is 459 g/mol. The predicted molar refractivity (Wildman–Crippen MR) is 125 cm³/mol. The standard InChI is InChI=1S/C24H27FN2O4S/c1-5-30-19-10-7-17(8-11-19)22-21(23(28)31-13-12-29-4)16(3)27(24(32)26-22)18-9-6-15(2)20(25)14-18/h6-11,14,22H,5,12-13H2,1-4H3,(H,26,32). The van der Waals surface area contributed by atoms with E-state index in [2.05, 4.69) is 5.32 Å². The molecule has 1 N–H and O–H groups in total. The summed E-state index contributed by atoms with van der Waals surface area (Å²) in [4.78, 5) is 14.7. The summed E-state index contributed by atoms with van der Waals surface area (Å²) in [6, 6.07) is 11.8. The van der Waals surface area contributed by atoms with E-state index in [-0.39, 0.29) is 19.0 Å². The number of carbonyl (C=O) groups excluding carboxylic acids is 1. The number of thiocarbonyl (C=S) groups is 1. The number of hydrogen-bond acceptors (Lipinski definition) is 5. The molecule has 1 aliphatic heterocycles. The molecule has 0 amide bonds. The highest BCUT2D eigenvalue weighted by Gasteiger charge is 2.35. The number of nitrogens with one attached hydrogen (secondary N) is 1. The Morgan fingerprint density at radius 1 is 1.16 bits per heavy atom. The van der Waals surface area contributed by atoms with Crippen LogP contribution in [0.15, 0.2) is 53.7 Å². The van der Waals surface area contributed by atoms with Gasteiger partial charge in [0.25, 0.3) is 0 Å². The number of ether oxygens (including phenoxy) is 3. The first kappa shape index (κ1) is 23.7. The van der Waals surface area contributed by atoms with Crippen LogP contribution in [-0.4, -0.2) is 38.0 Å². The van der Waals surface area contributed by atoms with Crippen LogP contribution in [0.5, 0.6) is 5.75 Å². The Balaban J connectivity index is 2.04. The molecular weight excluding hydrogens is 431 g/mol. The van der Waals surface area contributed by atoms with Gasteiger partial charge < -0.3 is 19.5 Å². The quantitative estimate of drug-likeness (QED) is 0.357. The smallest absolute Gasteiger partial charge is 0.338 e. The molecule has 0 aromatic heterocycles. The molecule has 0 radical (unpaired) electrons. The summed E-state index contributed by atoms with van der Waals surface area (Å²) in [5, 5.41) is 3.58. The molecule has 8 heteroatoms. The van der Waals surface area contributed by atoms with Gasteiger partial charge in [0.15, 0.2) is 5.11 Å². The highest BCUT2D eigenvalue weighted by molar-refractivity contribution is 7.80. The van der Waals surface area contributed by atoms with Gasteiger partial charge in [-0.3, -0.25) is 4.90 Å². The first-order valence-electron chi connectivity index (χ1n) is 10.3. The minimum atomic E-state index is -0.528. The molecule has 0 fully saturated rings. The van der Waals surface area contributed by atoms with E-state index in [0.29, 0.717) is 34.2 Å². The van der Waals surface area contributed by atoms with E-state index in [1.54, 1.807) is 30.9 Å². The maximum absolute atomic E-state index is 14.3. The van der Waals surface area contributed by atoms with E-state index in [0.717, 1.165) is 11.3 Å². The minimum absolute atomic E-state index is 0.117. The molecular formula is C24H27FN2O4S. The van der Waals surface area contributed by atoms with Crippen molar-refractivity contribution in [3.05, 3.63) is 70.7 Å². The zero-order chi connectivity index (χ0) is 23.3. The second kappa shape index (κ2) is 10.6. The van der Waals surface area contributed by atoms with Crippen LogP contribution in [0, 0.1) is 12.7 Å². The molecule has 0 aliphatic carbocycles. The Bertz CT molecular complexity index is 1020. The molecule has 2 aromatic carbocycles. The van der Waals surface area contributed by atoms with Crippen LogP contribution in [0.1, 0.15) is 31.0 Å². The predicted octanol–water partition coefficient (Wildman–Crippen LogP) is 4.43.